The van der Waals surface area contributed by atoms with Gasteiger partial charge in [-0.2, -0.15) is 0 Å². The number of ether oxygens (including phenoxy) is 1. The molecule has 2 aliphatic heterocycles. The second kappa shape index (κ2) is 12.7. The number of aliphatic carboxylic acids is 1. The van der Waals surface area contributed by atoms with Crippen LogP contribution in [-0.4, -0.2) is 58.5 Å². The highest BCUT2D eigenvalue weighted by atomic mass is 31.1. The molecule has 0 spiro atoms. The molecule has 42 heavy (non-hydrogen) atoms. The van der Waals surface area contributed by atoms with Crippen LogP contribution in [0.15, 0.2) is 84.9 Å². The van der Waals surface area contributed by atoms with E-state index in [9.17, 15) is 28.8 Å². The molecule has 4 atom stereocenters. The van der Waals surface area contributed by atoms with Crippen LogP contribution in [0.5, 0.6) is 0 Å². The Labute approximate surface area is 243 Å². The minimum Gasteiger partial charge on any atom is -0.480 e. The van der Waals surface area contributed by atoms with Crippen LogP contribution in [0.1, 0.15) is 51.1 Å². The first-order chi connectivity index (χ1) is 20.3. The molecule has 2 amide bonds. The molecule has 1 saturated heterocycles. The predicted molar refractivity (Wildman–Crippen MR) is 153 cm³/mol. The van der Waals surface area contributed by atoms with Crippen molar-refractivity contribution in [3.8, 4) is 0 Å². The molecule has 11 heteroatoms. The van der Waals surface area contributed by atoms with Crippen LogP contribution in [0.25, 0.3) is 0 Å². The van der Waals surface area contributed by atoms with Gasteiger partial charge >= 0.3 is 11.9 Å². The third-order valence-corrected chi connectivity index (χ3v) is 8.61. The molecular formula is C31H31N2O8P. The number of carbonyl (C=O) groups excluding carboxylic acids is 3. The molecule has 218 valence electrons. The smallest absolute Gasteiger partial charge is 0.341 e. The van der Waals surface area contributed by atoms with Crippen molar-refractivity contribution in [3.63, 3.8) is 0 Å². The van der Waals surface area contributed by atoms with Crippen LogP contribution < -0.4 is 5.32 Å². The zero-order valence-corrected chi connectivity index (χ0v) is 23.7. The molecule has 2 aliphatic rings. The van der Waals surface area contributed by atoms with E-state index in [1.807, 2.05) is 30.3 Å². The number of rotatable bonds is 11. The Kier molecular flexibility index (Phi) is 8.85. The molecule has 0 bridgehead atoms. The van der Waals surface area contributed by atoms with Crippen molar-refractivity contribution >= 4 is 31.8 Å². The van der Waals surface area contributed by atoms with E-state index in [4.69, 9.17) is 9.26 Å². The van der Waals surface area contributed by atoms with Gasteiger partial charge in [-0.15, -0.1) is 0 Å². The predicted octanol–water partition coefficient (Wildman–Crippen LogP) is 4.01. The van der Waals surface area contributed by atoms with E-state index in [1.54, 1.807) is 54.6 Å². The van der Waals surface area contributed by atoms with Gasteiger partial charge in [0.25, 0.3) is 5.91 Å². The molecular weight excluding hydrogens is 559 g/mol. The Bertz CT molecular complexity index is 1500. The molecule has 0 radical (unpaired) electrons. The van der Waals surface area contributed by atoms with Crippen molar-refractivity contribution in [1.82, 2.24) is 10.2 Å². The SMILES string of the molecule is O=C(NC(Cc1ccccc1)C[C@@]1(O[PH](=O)CC(=O)N2CCC[C@H]2C(=O)O)OC(=O)c2ccccc21)c1ccccc1. The molecule has 0 aromatic heterocycles. The Hall–Kier alpha value is -4.27. The van der Waals surface area contributed by atoms with Gasteiger partial charge in [-0.25, -0.2) is 9.59 Å². The first-order valence-corrected chi connectivity index (χ1v) is 15.2. The van der Waals surface area contributed by atoms with Gasteiger partial charge < -0.3 is 20.1 Å². The molecule has 3 aromatic carbocycles. The second-order valence-corrected chi connectivity index (χ2v) is 11.7. The number of benzene rings is 3. The molecule has 10 nitrogen and oxygen atoms in total. The summed E-state index contributed by atoms with van der Waals surface area (Å²) in [5.74, 6) is -4.58. The minimum absolute atomic E-state index is 0.0880. The summed E-state index contributed by atoms with van der Waals surface area (Å²) in [6.07, 6.45) is 0.560. The third-order valence-electron chi connectivity index (χ3n) is 7.46. The first-order valence-electron chi connectivity index (χ1n) is 13.7. The number of fused-ring (bicyclic) bond motifs is 1. The van der Waals surface area contributed by atoms with Crippen LogP contribution in [-0.2, 0) is 35.6 Å². The summed E-state index contributed by atoms with van der Waals surface area (Å²) in [5, 5.41) is 12.5. The number of esters is 1. The van der Waals surface area contributed by atoms with Crippen LogP contribution in [0, 0.1) is 0 Å². The Morgan fingerprint density at radius 2 is 1.69 bits per heavy atom. The maximum Gasteiger partial charge on any atom is 0.341 e. The second-order valence-electron chi connectivity index (χ2n) is 10.4. The first kappa shape index (κ1) is 29.2. The molecule has 2 N–H and O–H groups in total. The van der Waals surface area contributed by atoms with Crippen molar-refractivity contribution in [2.45, 2.75) is 43.6 Å². The molecule has 0 aliphatic carbocycles. The van der Waals surface area contributed by atoms with Gasteiger partial charge in [0.15, 0.2) is 0 Å². The fraction of sp³-hybridized carbons (Fsp3) is 0.290. The summed E-state index contributed by atoms with van der Waals surface area (Å²) in [6, 6.07) is 23.0. The van der Waals surface area contributed by atoms with E-state index >= 15 is 0 Å². The topological polar surface area (TPSA) is 139 Å². The standard InChI is InChI=1S/C31H31N2O8P/c34-27(33-17-9-16-26(33)29(36)37)20-42(39)41-31(25-15-8-7-14-24(25)30(38)40-31)19-23(18-21-10-3-1-4-11-21)32-28(35)22-12-5-2-6-13-22/h1-8,10-15,23,26,42H,9,16-20H2,(H,32,35)(H,36,37)/t23?,26-,31-/m0/s1. The lowest BCUT2D eigenvalue weighted by Crippen LogP contribution is -2.44. The van der Waals surface area contributed by atoms with Gasteiger partial charge in [-0.3, -0.25) is 18.7 Å². The molecule has 0 saturated carbocycles. The number of hydrogen-bond acceptors (Lipinski definition) is 7. The number of cyclic esters (lactones) is 1. The number of nitrogens with one attached hydrogen (secondary N) is 1. The molecule has 2 unspecified atom stereocenters. The maximum atomic E-state index is 13.4. The zero-order chi connectivity index (χ0) is 29.7. The average molecular weight is 591 g/mol. The van der Waals surface area contributed by atoms with Crippen molar-refractivity contribution in [1.29, 1.82) is 0 Å². The fourth-order valence-corrected chi connectivity index (χ4v) is 6.67. The van der Waals surface area contributed by atoms with E-state index in [0.717, 1.165) is 5.56 Å². The van der Waals surface area contributed by atoms with Gasteiger partial charge in [0.1, 0.15) is 12.2 Å². The Morgan fingerprint density at radius 1 is 1.02 bits per heavy atom. The molecule has 1 fully saturated rings. The van der Waals surface area contributed by atoms with Crippen LogP contribution in [0.3, 0.4) is 0 Å². The number of carbonyl (C=O) groups is 4. The lowest BCUT2D eigenvalue weighted by Gasteiger charge is -2.33. The van der Waals surface area contributed by atoms with E-state index in [-0.39, 0.29) is 24.4 Å². The highest BCUT2D eigenvalue weighted by molar-refractivity contribution is 7.40. The van der Waals surface area contributed by atoms with Crippen molar-refractivity contribution in [3.05, 3.63) is 107 Å². The van der Waals surface area contributed by atoms with E-state index in [0.29, 0.717) is 30.4 Å². The highest BCUT2D eigenvalue weighted by Crippen LogP contribution is 2.47. The number of nitrogens with zero attached hydrogens (tertiary/aromatic N) is 1. The fourth-order valence-electron chi connectivity index (χ4n) is 5.54. The largest absolute Gasteiger partial charge is 0.480 e. The third kappa shape index (κ3) is 6.45. The Balaban J connectivity index is 1.43. The van der Waals surface area contributed by atoms with Crippen molar-refractivity contribution < 1.29 is 38.1 Å². The number of carboxylic acid groups (broad SMARTS) is 1. The maximum absolute atomic E-state index is 13.4. The summed E-state index contributed by atoms with van der Waals surface area (Å²) >= 11 is 0. The van der Waals surface area contributed by atoms with Gasteiger partial charge in [0, 0.05) is 30.1 Å². The highest BCUT2D eigenvalue weighted by Gasteiger charge is 2.50. The summed E-state index contributed by atoms with van der Waals surface area (Å²) in [5.41, 5.74) is 1.92. The minimum atomic E-state index is -3.20. The van der Waals surface area contributed by atoms with E-state index in [1.165, 1.54) is 4.90 Å². The van der Waals surface area contributed by atoms with Crippen LogP contribution >= 0.6 is 8.03 Å². The van der Waals surface area contributed by atoms with Crippen molar-refractivity contribution in [2.75, 3.05) is 12.7 Å². The van der Waals surface area contributed by atoms with Crippen LogP contribution in [0.2, 0.25) is 0 Å². The normalized spacial score (nSPS) is 20.8. The van der Waals surface area contributed by atoms with Gasteiger partial charge in [0.2, 0.25) is 19.7 Å². The molecule has 2 heterocycles. The van der Waals surface area contributed by atoms with E-state index in [2.05, 4.69) is 5.32 Å². The van der Waals surface area contributed by atoms with Crippen LogP contribution in [0.4, 0.5) is 0 Å². The number of amides is 2. The van der Waals surface area contributed by atoms with E-state index < -0.39 is 49.9 Å². The number of hydrogen-bond donors (Lipinski definition) is 2. The summed E-state index contributed by atoms with van der Waals surface area (Å²) in [4.78, 5) is 51.9. The number of likely N-dealkylation sites (tertiary alicyclic amines) is 1. The summed E-state index contributed by atoms with van der Waals surface area (Å²) in [6.45, 7) is 0.249. The Morgan fingerprint density at radius 3 is 2.40 bits per heavy atom. The van der Waals surface area contributed by atoms with Gasteiger partial charge in [-0.05, 0) is 43.0 Å². The summed E-state index contributed by atoms with van der Waals surface area (Å²) in [7, 11) is -3.20. The number of carboxylic acids is 1. The van der Waals surface area contributed by atoms with Crippen molar-refractivity contribution in [2.24, 2.45) is 0 Å². The zero-order valence-electron chi connectivity index (χ0n) is 22.7. The van der Waals surface area contributed by atoms with Gasteiger partial charge in [0.05, 0.1) is 5.56 Å². The molecule has 3 aromatic rings. The monoisotopic (exact) mass is 590 g/mol. The lowest BCUT2D eigenvalue weighted by atomic mass is 9.93. The van der Waals surface area contributed by atoms with Gasteiger partial charge in [-0.1, -0.05) is 66.7 Å². The molecule has 5 rings (SSSR count). The summed E-state index contributed by atoms with van der Waals surface area (Å²) < 4.78 is 25.3. The quantitative estimate of drug-likeness (QED) is 0.252. The average Bonchev–Trinajstić information content (AvgIpc) is 3.58. The lowest BCUT2D eigenvalue weighted by molar-refractivity contribution is -0.150.